The zero-order valence-electron chi connectivity index (χ0n) is 9.81. The molecule has 1 unspecified atom stereocenters. The molecule has 0 aliphatic carbocycles. The van der Waals surface area contributed by atoms with Gasteiger partial charge in [-0.25, -0.2) is 0 Å². The molecule has 0 saturated heterocycles. The summed E-state index contributed by atoms with van der Waals surface area (Å²) >= 11 is 0. The molecule has 0 aliphatic rings. The minimum Gasteiger partial charge on any atom is -0.352 e. The van der Waals surface area contributed by atoms with Gasteiger partial charge in [-0.15, -0.1) is 0 Å². The first kappa shape index (κ1) is 11.4. The Kier molecular flexibility index (Phi) is 2.95. The van der Waals surface area contributed by atoms with E-state index in [0.29, 0.717) is 6.41 Å². The maximum Gasteiger partial charge on any atom is 0.227 e. The molecule has 1 aromatic carbocycles. The Hall–Kier alpha value is -2.10. The largest absolute Gasteiger partial charge is 0.352 e. The molecule has 88 valence electrons. The fraction of sp³-hybridized carbons (Fsp3) is 0.231. The van der Waals surface area contributed by atoms with Gasteiger partial charge in [0, 0.05) is 24.1 Å². The molecule has 4 heteroatoms. The van der Waals surface area contributed by atoms with E-state index in [-0.39, 0.29) is 11.9 Å². The molecule has 0 spiro atoms. The summed E-state index contributed by atoms with van der Waals surface area (Å²) in [5.41, 5.74) is 1.82. The van der Waals surface area contributed by atoms with Crippen molar-refractivity contribution in [3.63, 3.8) is 0 Å². The van der Waals surface area contributed by atoms with Crippen molar-refractivity contribution in [1.82, 2.24) is 9.88 Å². The van der Waals surface area contributed by atoms with Crippen LogP contribution in [-0.4, -0.2) is 16.9 Å². The van der Waals surface area contributed by atoms with E-state index in [9.17, 15) is 9.59 Å². The maximum absolute atomic E-state index is 11.5. The van der Waals surface area contributed by atoms with E-state index in [0.717, 1.165) is 16.5 Å². The molecule has 0 radical (unpaired) electrons. The monoisotopic (exact) mass is 230 g/mol. The summed E-state index contributed by atoms with van der Waals surface area (Å²) in [6, 6.07) is 7.55. The van der Waals surface area contributed by atoms with Crippen LogP contribution in [0.5, 0.6) is 0 Å². The molecule has 1 heterocycles. The summed E-state index contributed by atoms with van der Waals surface area (Å²) in [6.07, 6.45) is 2.46. The smallest absolute Gasteiger partial charge is 0.227 e. The number of hydrogen-bond donors (Lipinski definition) is 1. The molecule has 1 atom stereocenters. The lowest BCUT2D eigenvalue weighted by Crippen LogP contribution is -2.15. The van der Waals surface area contributed by atoms with Gasteiger partial charge in [0.2, 0.25) is 12.3 Å². The van der Waals surface area contributed by atoms with Crippen molar-refractivity contribution < 1.29 is 9.59 Å². The normalized spacial score (nSPS) is 12.4. The van der Waals surface area contributed by atoms with Gasteiger partial charge in [0.05, 0.1) is 11.6 Å². The van der Waals surface area contributed by atoms with Gasteiger partial charge in [0.15, 0.2) is 0 Å². The van der Waals surface area contributed by atoms with Gasteiger partial charge in [-0.3, -0.25) is 14.2 Å². The van der Waals surface area contributed by atoms with Crippen LogP contribution in [-0.2, 0) is 4.79 Å². The highest BCUT2D eigenvalue weighted by Crippen LogP contribution is 2.26. The fourth-order valence-electron chi connectivity index (χ4n) is 2.00. The molecule has 2 rings (SSSR count). The second kappa shape index (κ2) is 4.41. The summed E-state index contributed by atoms with van der Waals surface area (Å²) in [7, 11) is 0. The lowest BCUT2D eigenvalue weighted by molar-refractivity contribution is -0.110. The minimum atomic E-state index is -0.113. The number of amides is 1. The Morgan fingerprint density at radius 2 is 2.12 bits per heavy atom. The Bertz CT molecular complexity index is 572. The number of aromatic nitrogens is 1. The zero-order chi connectivity index (χ0) is 12.4. The highest BCUT2D eigenvalue weighted by atomic mass is 16.1. The van der Waals surface area contributed by atoms with Crippen LogP contribution < -0.4 is 5.32 Å². The second-order valence-corrected chi connectivity index (χ2v) is 4.00. The van der Waals surface area contributed by atoms with Crippen LogP contribution in [0.3, 0.4) is 0 Å². The van der Waals surface area contributed by atoms with Crippen molar-refractivity contribution in [3.8, 4) is 0 Å². The summed E-state index contributed by atoms with van der Waals surface area (Å²) < 4.78 is 1.60. The molecule has 0 aliphatic heterocycles. The number of rotatable bonds is 3. The Morgan fingerprint density at radius 1 is 1.41 bits per heavy atom. The number of nitrogens with zero attached hydrogens (tertiary/aromatic N) is 1. The third-order valence-corrected chi connectivity index (χ3v) is 2.87. The first-order valence-electron chi connectivity index (χ1n) is 5.45. The van der Waals surface area contributed by atoms with Crippen LogP contribution in [0, 0.1) is 0 Å². The lowest BCUT2D eigenvalue weighted by atomic mass is 10.1. The highest BCUT2D eigenvalue weighted by Gasteiger charge is 2.14. The average molecular weight is 230 g/mol. The quantitative estimate of drug-likeness (QED) is 0.821. The van der Waals surface area contributed by atoms with Crippen LogP contribution in [0.25, 0.3) is 10.9 Å². The first-order valence-corrected chi connectivity index (χ1v) is 5.45. The standard InChI is InChI=1S/C13H14N2O2/c1-9(14-8-16)12-7-15(10(2)17)13-6-4-3-5-11(12)13/h3-9H,1-2H3,(H,14,16). The molecule has 0 fully saturated rings. The van der Waals surface area contributed by atoms with E-state index in [4.69, 9.17) is 0 Å². The van der Waals surface area contributed by atoms with Gasteiger partial charge in [-0.05, 0) is 13.0 Å². The van der Waals surface area contributed by atoms with Crippen molar-refractivity contribution in [2.75, 3.05) is 0 Å². The van der Waals surface area contributed by atoms with E-state index >= 15 is 0 Å². The number of carbonyl (C=O) groups excluding carboxylic acids is 2. The molecule has 0 bridgehead atoms. The predicted molar refractivity (Wildman–Crippen MR) is 65.9 cm³/mol. The van der Waals surface area contributed by atoms with Crippen molar-refractivity contribution in [3.05, 3.63) is 36.0 Å². The third kappa shape index (κ3) is 1.93. The molecular formula is C13H14N2O2. The SMILES string of the molecule is CC(=O)n1cc(C(C)NC=O)c2ccccc21. The highest BCUT2D eigenvalue weighted by molar-refractivity contribution is 5.93. The van der Waals surface area contributed by atoms with Gasteiger partial charge >= 0.3 is 0 Å². The molecule has 1 amide bonds. The van der Waals surface area contributed by atoms with Gasteiger partial charge in [-0.1, -0.05) is 18.2 Å². The number of para-hydroxylation sites is 1. The predicted octanol–water partition coefficient (Wildman–Crippen LogP) is 2.11. The Balaban J connectivity index is 2.64. The van der Waals surface area contributed by atoms with Crippen LogP contribution in [0.15, 0.2) is 30.5 Å². The van der Waals surface area contributed by atoms with Crippen molar-refractivity contribution in [2.24, 2.45) is 0 Å². The molecule has 17 heavy (non-hydrogen) atoms. The summed E-state index contributed by atoms with van der Waals surface area (Å²) in [4.78, 5) is 22.0. The van der Waals surface area contributed by atoms with Crippen LogP contribution >= 0.6 is 0 Å². The van der Waals surface area contributed by atoms with E-state index in [1.807, 2.05) is 31.2 Å². The Morgan fingerprint density at radius 3 is 2.76 bits per heavy atom. The zero-order valence-corrected chi connectivity index (χ0v) is 9.81. The lowest BCUT2D eigenvalue weighted by Gasteiger charge is -2.08. The topological polar surface area (TPSA) is 51.1 Å². The number of hydrogen-bond acceptors (Lipinski definition) is 2. The van der Waals surface area contributed by atoms with E-state index < -0.39 is 0 Å². The van der Waals surface area contributed by atoms with E-state index in [1.165, 1.54) is 6.92 Å². The second-order valence-electron chi connectivity index (χ2n) is 4.00. The van der Waals surface area contributed by atoms with Gasteiger partial charge in [0.25, 0.3) is 0 Å². The maximum atomic E-state index is 11.5. The molecule has 4 nitrogen and oxygen atoms in total. The van der Waals surface area contributed by atoms with Gasteiger partial charge in [0.1, 0.15) is 0 Å². The number of nitrogens with one attached hydrogen (secondary N) is 1. The van der Waals surface area contributed by atoms with Crippen LogP contribution in [0.2, 0.25) is 0 Å². The molecular weight excluding hydrogens is 216 g/mol. The number of carbonyl (C=O) groups is 2. The van der Waals surface area contributed by atoms with Crippen molar-refractivity contribution in [2.45, 2.75) is 19.9 Å². The van der Waals surface area contributed by atoms with E-state index in [2.05, 4.69) is 5.32 Å². The Labute approximate surface area is 99.2 Å². The first-order chi connectivity index (χ1) is 8.15. The average Bonchev–Trinajstić information content (AvgIpc) is 2.69. The van der Waals surface area contributed by atoms with Crippen LogP contribution in [0.1, 0.15) is 30.2 Å². The fourth-order valence-corrected chi connectivity index (χ4v) is 2.00. The summed E-state index contributed by atoms with van der Waals surface area (Å²) in [5, 5.41) is 3.69. The van der Waals surface area contributed by atoms with Crippen molar-refractivity contribution >= 4 is 23.2 Å². The van der Waals surface area contributed by atoms with E-state index in [1.54, 1.807) is 10.8 Å². The van der Waals surface area contributed by atoms with Crippen LogP contribution in [0.4, 0.5) is 0 Å². The molecule has 2 aromatic rings. The summed E-state index contributed by atoms with van der Waals surface area (Å²) in [6.45, 7) is 3.41. The minimum absolute atomic E-state index is 0.0363. The van der Waals surface area contributed by atoms with Gasteiger partial charge < -0.3 is 5.32 Å². The molecule has 0 saturated carbocycles. The molecule has 1 N–H and O–H groups in total. The number of fused-ring (bicyclic) bond motifs is 1. The summed E-state index contributed by atoms with van der Waals surface area (Å²) in [5.74, 6) is -0.0363. The van der Waals surface area contributed by atoms with Gasteiger partial charge in [-0.2, -0.15) is 0 Å². The molecule has 1 aromatic heterocycles. The third-order valence-electron chi connectivity index (χ3n) is 2.87. The van der Waals surface area contributed by atoms with Crippen molar-refractivity contribution in [1.29, 1.82) is 0 Å². The number of benzene rings is 1.